The molecule has 0 saturated heterocycles. The molecule has 186 valence electrons. The first-order chi connectivity index (χ1) is 17.5. The van der Waals surface area contributed by atoms with Crippen LogP contribution in [0.3, 0.4) is 0 Å². The van der Waals surface area contributed by atoms with Crippen LogP contribution in [-0.4, -0.2) is 17.9 Å². The highest BCUT2D eigenvalue weighted by atomic mass is 16.7. The van der Waals surface area contributed by atoms with Crippen LogP contribution >= 0.6 is 0 Å². The number of aromatic nitrogens is 1. The lowest BCUT2D eigenvalue weighted by atomic mass is 10.0. The van der Waals surface area contributed by atoms with E-state index in [4.69, 9.17) is 14.3 Å². The van der Waals surface area contributed by atoms with Crippen LogP contribution in [-0.2, 0) is 13.2 Å². The summed E-state index contributed by atoms with van der Waals surface area (Å²) in [5.41, 5.74) is 3.46. The summed E-state index contributed by atoms with van der Waals surface area (Å²) in [6.45, 7) is 4.85. The minimum absolute atomic E-state index is 0.195. The van der Waals surface area contributed by atoms with Crippen molar-refractivity contribution in [2.75, 3.05) is 7.11 Å². The Morgan fingerprint density at radius 2 is 1.47 bits per heavy atom. The maximum Gasteiger partial charge on any atom is 0.223 e. The zero-order valence-electron chi connectivity index (χ0n) is 20.9. The third-order valence-corrected chi connectivity index (χ3v) is 5.73. The zero-order valence-corrected chi connectivity index (χ0v) is 20.9. The normalized spacial score (nSPS) is 11.0. The van der Waals surface area contributed by atoms with Crippen molar-refractivity contribution in [1.82, 2.24) is 10.0 Å². The van der Waals surface area contributed by atoms with Crippen molar-refractivity contribution >= 4 is 0 Å². The molecule has 0 unspecified atom stereocenters. The van der Waals surface area contributed by atoms with E-state index < -0.39 is 0 Å². The van der Waals surface area contributed by atoms with Gasteiger partial charge in [0.05, 0.1) is 19.0 Å². The van der Waals surface area contributed by atoms with E-state index in [1.165, 1.54) is 0 Å². The molecule has 36 heavy (non-hydrogen) atoms. The first-order valence-corrected chi connectivity index (χ1v) is 12.0. The molecule has 0 aliphatic rings. The third-order valence-electron chi connectivity index (χ3n) is 5.73. The van der Waals surface area contributed by atoms with Crippen LogP contribution in [0.25, 0.3) is 0 Å². The van der Waals surface area contributed by atoms with Gasteiger partial charge in [0.2, 0.25) is 5.43 Å². The lowest BCUT2D eigenvalue weighted by molar-refractivity contribution is 0.0512. The molecule has 4 rings (SSSR count). The topological polar surface area (TPSA) is 61.7 Å². The number of nitrogens with zero attached hydrogens (tertiary/aromatic N) is 1. The molecule has 1 N–H and O–H groups in total. The standard InChI is InChI=1S/C30H32N2O4/c1-22(2)31-19-26-18-28(33)29(35-21-23-14-16-27(34-3)17-15-23)20-32(26)36-30(24-10-6-4-7-11-24)25-12-8-5-9-13-25/h4-18,20,22,30-31H,19,21H2,1-3H3. The van der Waals surface area contributed by atoms with E-state index in [9.17, 15) is 4.79 Å². The summed E-state index contributed by atoms with van der Waals surface area (Å²) >= 11 is 0. The van der Waals surface area contributed by atoms with Crippen molar-refractivity contribution in [3.05, 3.63) is 130 Å². The molecule has 0 spiro atoms. The quantitative estimate of drug-likeness (QED) is 0.319. The molecule has 3 aromatic carbocycles. The van der Waals surface area contributed by atoms with Crippen LogP contribution in [0.4, 0.5) is 0 Å². The van der Waals surface area contributed by atoms with Crippen molar-refractivity contribution in [2.24, 2.45) is 0 Å². The summed E-state index contributed by atoms with van der Waals surface area (Å²) in [6.07, 6.45) is 1.27. The number of nitrogens with one attached hydrogen (secondary N) is 1. The Morgan fingerprint density at radius 1 is 0.861 bits per heavy atom. The average molecular weight is 485 g/mol. The van der Waals surface area contributed by atoms with Gasteiger partial charge in [-0.2, -0.15) is 4.73 Å². The number of pyridine rings is 1. The van der Waals surface area contributed by atoms with Gasteiger partial charge in [-0.05, 0) is 28.8 Å². The van der Waals surface area contributed by atoms with Gasteiger partial charge in [-0.3, -0.25) is 4.79 Å². The highest BCUT2D eigenvalue weighted by Gasteiger charge is 2.19. The molecule has 0 saturated carbocycles. The van der Waals surface area contributed by atoms with Gasteiger partial charge in [-0.25, -0.2) is 0 Å². The molecular weight excluding hydrogens is 452 g/mol. The smallest absolute Gasteiger partial charge is 0.223 e. The molecule has 0 aliphatic heterocycles. The summed E-state index contributed by atoms with van der Waals surface area (Å²) in [5.74, 6) is 0.989. The van der Waals surface area contributed by atoms with Crippen molar-refractivity contribution in [1.29, 1.82) is 0 Å². The molecule has 4 aromatic rings. The summed E-state index contributed by atoms with van der Waals surface area (Å²) < 4.78 is 12.8. The second kappa shape index (κ2) is 12.1. The van der Waals surface area contributed by atoms with Crippen molar-refractivity contribution in [2.45, 2.75) is 39.1 Å². The van der Waals surface area contributed by atoms with E-state index in [2.05, 4.69) is 19.2 Å². The number of ether oxygens (including phenoxy) is 2. The Bertz CT molecular complexity index is 1250. The number of benzene rings is 3. The Hall–Kier alpha value is -4.03. The van der Waals surface area contributed by atoms with Crippen LogP contribution in [0, 0.1) is 0 Å². The van der Waals surface area contributed by atoms with Gasteiger partial charge >= 0.3 is 0 Å². The molecule has 1 heterocycles. The van der Waals surface area contributed by atoms with Gasteiger partial charge in [0.25, 0.3) is 0 Å². The maximum absolute atomic E-state index is 12.9. The van der Waals surface area contributed by atoms with Gasteiger partial charge in [0, 0.05) is 18.7 Å². The molecule has 0 aliphatic carbocycles. The molecule has 0 amide bonds. The highest BCUT2D eigenvalue weighted by molar-refractivity contribution is 5.31. The molecule has 0 radical (unpaired) electrons. The van der Waals surface area contributed by atoms with Crippen molar-refractivity contribution in [3.8, 4) is 11.5 Å². The number of methoxy groups -OCH3 is 1. The third kappa shape index (κ3) is 6.55. The average Bonchev–Trinajstić information content (AvgIpc) is 2.91. The lowest BCUT2D eigenvalue weighted by Gasteiger charge is -2.24. The van der Waals surface area contributed by atoms with E-state index in [1.807, 2.05) is 84.9 Å². The summed E-state index contributed by atoms with van der Waals surface area (Å²) in [6, 6.07) is 29.4. The Balaban J connectivity index is 1.66. The van der Waals surface area contributed by atoms with Gasteiger partial charge in [-0.15, -0.1) is 0 Å². The molecular formula is C30H32N2O4. The summed E-state index contributed by atoms with van der Waals surface area (Å²) in [4.78, 5) is 19.5. The molecule has 6 nitrogen and oxygen atoms in total. The van der Waals surface area contributed by atoms with Gasteiger partial charge < -0.3 is 19.6 Å². The van der Waals surface area contributed by atoms with Crippen LogP contribution in [0.2, 0.25) is 0 Å². The van der Waals surface area contributed by atoms with E-state index in [0.717, 1.165) is 22.4 Å². The summed E-state index contributed by atoms with van der Waals surface area (Å²) in [5, 5.41) is 3.38. The monoisotopic (exact) mass is 484 g/mol. The second-order valence-electron chi connectivity index (χ2n) is 8.80. The largest absolute Gasteiger partial charge is 0.497 e. The van der Waals surface area contributed by atoms with Gasteiger partial charge in [0.15, 0.2) is 11.9 Å². The fourth-order valence-electron chi connectivity index (χ4n) is 3.75. The highest BCUT2D eigenvalue weighted by Crippen LogP contribution is 2.24. The van der Waals surface area contributed by atoms with Crippen LogP contribution in [0.15, 0.2) is 102 Å². The van der Waals surface area contributed by atoms with E-state index in [-0.39, 0.29) is 29.9 Å². The molecule has 0 fully saturated rings. The van der Waals surface area contributed by atoms with Gasteiger partial charge in [0.1, 0.15) is 12.4 Å². The molecule has 0 bridgehead atoms. The number of hydrogen-bond acceptors (Lipinski definition) is 5. The fraction of sp³-hybridized carbons (Fsp3) is 0.233. The lowest BCUT2D eigenvalue weighted by Crippen LogP contribution is -2.29. The van der Waals surface area contributed by atoms with Crippen molar-refractivity contribution < 1.29 is 14.3 Å². The van der Waals surface area contributed by atoms with Crippen molar-refractivity contribution in [3.63, 3.8) is 0 Å². The van der Waals surface area contributed by atoms with E-state index in [1.54, 1.807) is 24.1 Å². The second-order valence-corrected chi connectivity index (χ2v) is 8.80. The van der Waals surface area contributed by atoms with E-state index in [0.29, 0.717) is 12.2 Å². The molecule has 6 heteroatoms. The minimum Gasteiger partial charge on any atom is -0.497 e. The number of hydrogen-bond donors (Lipinski definition) is 1. The number of rotatable bonds is 11. The zero-order chi connectivity index (χ0) is 25.3. The Labute approximate surface area is 212 Å². The first-order valence-electron chi connectivity index (χ1n) is 12.0. The van der Waals surface area contributed by atoms with Crippen LogP contribution in [0.1, 0.15) is 42.3 Å². The minimum atomic E-state index is -0.373. The summed E-state index contributed by atoms with van der Waals surface area (Å²) in [7, 11) is 1.63. The fourth-order valence-corrected chi connectivity index (χ4v) is 3.75. The van der Waals surface area contributed by atoms with Gasteiger partial charge in [-0.1, -0.05) is 86.6 Å². The molecule has 1 aromatic heterocycles. The SMILES string of the molecule is COc1ccc(COc2cn(OC(c3ccccc3)c3ccccc3)c(CNC(C)C)cc2=O)cc1. The van der Waals surface area contributed by atoms with Crippen LogP contribution < -0.4 is 25.1 Å². The first kappa shape index (κ1) is 25.1. The predicted octanol–water partition coefficient (Wildman–Crippen LogP) is 5.15. The van der Waals surface area contributed by atoms with Crippen LogP contribution in [0.5, 0.6) is 11.5 Å². The predicted molar refractivity (Wildman–Crippen MR) is 141 cm³/mol. The maximum atomic E-state index is 12.9. The Morgan fingerprint density at radius 3 is 2.03 bits per heavy atom. The van der Waals surface area contributed by atoms with E-state index >= 15 is 0 Å². The molecule has 0 atom stereocenters. The Kier molecular flexibility index (Phi) is 8.42.